The molecule has 0 unspecified atom stereocenters. The number of aryl methyl sites for hydroxylation is 2. The van der Waals surface area contributed by atoms with Crippen LogP contribution in [0.2, 0.25) is 0 Å². The van der Waals surface area contributed by atoms with Crippen LogP contribution >= 0.6 is 0 Å². The molecule has 0 saturated heterocycles. The molecule has 0 saturated carbocycles. The summed E-state index contributed by atoms with van der Waals surface area (Å²) in [7, 11) is 0. The second kappa shape index (κ2) is 7.95. The van der Waals surface area contributed by atoms with Gasteiger partial charge in [-0.2, -0.15) is 10.1 Å². The zero-order valence-electron chi connectivity index (χ0n) is 15.7. The van der Waals surface area contributed by atoms with Gasteiger partial charge in [-0.05, 0) is 42.0 Å². The van der Waals surface area contributed by atoms with E-state index < -0.39 is 0 Å². The van der Waals surface area contributed by atoms with Crippen LogP contribution in [0.1, 0.15) is 42.0 Å². The smallest absolute Gasteiger partial charge is 0.244 e. The summed E-state index contributed by atoms with van der Waals surface area (Å²) in [6.45, 7) is 9.24. The number of hydrogen-bond donors (Lipinski definition) is 2. The first kappa shape index (κ1) is 17.9. The van der Waals surface area contributed by atoms with E-state index in [0.717, 1.165) is 5.69 Å². The van der Waals surface area contributed by atoms with Crippen LogP contribution in [0.15, 0.2) is 48.7 Å². The number of nitrogens with one attached hydrogen (secondary N) is 2. The van der Waals surface area contributed by atoms with Crippen molar-refractivity contribution in [2.75, 3.05) is 10.6 Å². The molecular formula is C21H25N5. The number of nitrogens with zero attached hydrogens (tertiary/aromatic N) is 3. The molecular weight excluding hydrogens is 322 g/mol. The molecule has 5 heteroatoms. The van der Waals surface area contributed by atoms with E-state index in [4.69, 9.17) is 0 Å². The number of aromatic nitrogens is 3. The third kappa shape index (κ3) is 4.17. The summed E-state index contributed by atoms with van der Waals surface area (Å²) in [4.78, 5) is 4.56. The zero-order chi connectivity index (χ0) is 18.5. The minimum Gasteiger partial charge on any atom is -0.349 e. The van der Waals surface area contributed by atoms with E-state index in [1.807, 2.05) is 12.1 Å². The molecule has 0 bridgehead atoms. The molecule has 0 aliphatic rings. The lowest BCUT2D eigenvalue weighted by atomic mass is 9.98. The van der Waals surface area contributed by atoms with E-state index in [2.05, 4.69) is 83.8 Å². The highest BCUT2D eigenvalue weighted by Crippen LogP contribution is 2.29. The third-order valence-corrected chi connectivity index (χ3v) is 4.44. The lowest BCUT2D eigenvalue weighted by Gasteiger charge is -2.17. The fraction of sp³-hybridized carbons (Fsp3) is 0.286. The predicted octanol–water partition coefficient (Wildman–Crippen LogP) is 4.97. The molecule has 2 N–H and O–H groups in total. The zero-order valence-corrected chi connectivity index (χ0v) is 15.7. The second-order valence-corrected chi connectivity index (χ2v) is 6.76. The number of anilines is 3. The molecule has 0 amide bonds. The summed E-state index contributed by atoms with van der Waals surface area (Å²) in [5.74, 6) is 1.62. The van der Waals surface area contributed by atoms with Crippen molar-refractivity contribution in [3.63, 3.8) is 0 Å². The van der Waals surface area contributed by atoms with Crippen molar-refractivity contribution in [2.24, 2.45) is 0 Å². The standard InChI is InChI=1S/C21H25N5/c1-14(2)18-11-7-9-16(4)20(18)24-19-13-23-26-21(25-19)22-12-17-10-6-5-8-15(17)3/h5-11,13-14H,12H2,1-4H3,(H2,22,24,25,26). The topological polar surface area (TPSA) is 62.7 Å². The first-order valence-electron chi connectivity index (χ1n) is 8.89. The third-order valence-electron chi connectivity index (χ3n) is 4.44. The van der Waals surface area contributed by atoms with Gasteiger partial charge in [0.1, 0.15) is 0 Å². The molecule has 134 valence electrons. The van der Waals surface area contributed by atoms with Gasteiger partial charge in [0.25, 0.3) is 0 Å². The molecule has 0 aliphatic heterocycles. The Morgan fingerprint density at radius 2 is 1.73 bits per heavy atom. The number of rotatable bonds is 6. The summed E-state index contributed by atoms with van der Waals surface area (Å²) < 4.78 is 0. The minimum atomic E-state index is 0.422. The molecule has 5 nitrogen and oxygen atoms in total. The van der Waals surface area contributed by atoms with Crippen LogP contribution in [-0.2, 0) is 6.54 Å². The highest BCUT2D eigenvalue weighted by Gasteiger charge is 2.10. The van der Waals surface area contributed by atoms with Crippen LogP contribution in [0.25, 0.3) is 0 Å². The van der Waals surface area contributed by atoms with Crippen LogP contribution in [0.5, 0.6) is 0 Å². The number of hydrogen-bond acceptors (Lipinski definition) is 5. The van der Waals surface area contributed by atoms with Crippen molar-refractivity contribution in [3.05, 3.63) is 70.9 Å². The van der Waals surface area contributed by atoms with Crippen LogP contribution in [-0.4, -0.2) is 15.2 Å². The van der Waals surface area contributed by atoms with E-state index in [1.54, 1.807) is 6.20 Å². The van der Waals surface area contributed by atoms with Crippen LogP contribution in [0.4, 0.5) is 17.5 Å². The minimum absolute atomic E-state index is 0.422. The van der Waals surface area contributed by atoms with E-state index >= 15 is 0 Å². The predicted molar refractivity (Wildman–Crippen MR) is 107 cm³/mol. The Balaban J connectivity index is 1.77. The van der Waals surface area contributed by atoms with Gasteiger partial charge in [0.05, 0.1) is 6.20 Å². The molecule has 1 heterocycles. The van der Waals surface area contributed by atoms with E-state index in [1.165, 1.54) is 22.3 Å². The van der Waals surface area contributed by atoms with E-state index in [9.17, 15) is 0 Å². The molecule has 1 aromatic heterocycles. The monoisotopic (exact) mass is 347 g/mol. The first-order valence-corrected chi connectivity index (χ1v) is 8.89. The van der Waals surface area contributed by atoms with Gasteiger partial charge in [-0.1, -0.05) is 56.3 Å². The molecule has 0 radical (unpaired) electrons. The van der Waals surface area contributed by atoms with Gasteiger partial charge < -0.3 is 10.6 Å². The Morgan fingerprint density at radius 3 is 2.50 bits per heavy atom. The molecule has 0 aliphatic carbocycles. The lowest BCUT2D eigenvalue weighted by molar-refractivity contribution is 0.866. The van der Waals surface area contributed by atoms with Gasteiger partial charge in [0.15, 0.2) is 5.82 Å². The van der Waals surface area contributed by atoms with E-state index in [-0.39, 0.29) is 0 Å². The SMILES string of the molecule is Cc1ccccc1CNc1nncc(Nc2c(C)cccc2C(C)C)n1. The fourth-order valence-corrected chi connectivity index (χ4v) is 2.89. The summed E-state index contributed by atoms with van der Waals surface area (Å²) in [5.41, 5.74) is 5.99. The van der Waals surface area contributed by atoms with Crippen molar-refractivity contribution in [1.29, 1.82) is 0 Å². The van der Waals surface area contributed by atoms with Crippen molar-refractivity contribution < 1.29 is 0 Å². The Morgan fingerprint density at radius 1 is 0.962 bits per heavy atom. The molecule has 3 aromatic rings. The molecule has 0 atom stereocenters. The lowest BCUT2D eigenvalue weighted by Crippen LogP contribution is -2.08. The quantitative estimate of drug-likeness (QED) is 0.659. The van der Waals surface area contributed by atoms with Gasteiger partial charge in [-0.25, -0.2) is 0 Å². The molecule has 3 rings (SSSR count). The van der Waals surface area contributed by atoms with Crippen molar-refractivity contribution >= 4 is 17.5 Å². The van der Waals surface area contributed by atoms with Crippen LogP contribution in [0.3, 0.4) is 0 Å². The molecule has 0 spiro atoms. The molecule has 0 fully saturated rings. The van der Waals surface area contributed by atoms with Gasteiger partial charge in [0, 0.05) is 12.2 Å². The first-order chi connectivity index (χ1) is 12.5. The van der Waals surface area contributed by atoms with Crippen molar-refractivity contribution in [3.8, 4) is 0 Å². The Kier molecular flexibility index (Phi) is 5.46. The fourth-order valence-electron chi connectivity index (χ4n) is 2.89. The van der Waals surface area contributed by atoms with Gasteiger partial charge >= 0.3 is 0 Å². The summed E-state index contributed by atoms with van der Waals surface area (Å²) >= 11 is 0. The number of para-hydroxylation sites is 1. The van der Waals surface area contributed by atoms with Crippen LogP contribution < -0.4 is 10.6 Å². The number of benzene rings is 2. The van der Waals surface area contributed by atoms with Crippen molar-refractivity contribution in [1.82, 2.24) is 15.2 Å². The van der Waals surface area contributed by atoms with Gasteiger partial charge in [0.2, 0.25) is 5.95 Å². The maximum atomic E-state index is 4.56. The average Bonchev–Trinajstić information content (AvgIpc) is 2.63. The average molecular weight is 347 g/mol. The van der Waals surface area contributed by atoms with Crippen molar-refractivity contribution in [2.45, 2.75) is 40.2 Å². The maximum Gasteiger partial charge on any atom is 0.244 e. The van der Waals surface area contributed by atoms with E-state index in [0.29, 0.717) is 24.2 Å². The maximum absolute atomic E-state index is 4.56. The summed E-state index contributed by atoms with van der Waals surface area (Å²) in [6, 6.07) is 14.6. The Labute approximate surface area is 154 Å². The van der Waals surface area contributed by atoms with Crippen LogP contribution in [0, 0.1) is 13.8 Å². The normalized spacial score (nSPS) is 10.8. The molecule has 26 heavy (non-hydrogen) atoms. The summed E-state index contributed by atoms with van der Waals surface area (Å²) in [6.07, 6.45) is 1.65. The van der Waals surface area contributed by atoms with Gasteiger partial charge in [-0.3, -0.25) is 0 Å². The largest absolute Gasteiger partial charge is 0.349 e. The Hall–Kier alpha value is -2.95. The highest BCUT2D eigenvalue weighted by atomic mass is 15.3. The highest BCUT2D eigenvalue weighted by molar-refractivity contribution is 5.65. The molecule has 2 aromatic carbocycles. The Bertz CT molecular complexity index is 889. The summed E-state index contributed by atoms with van der Waals surface area (Å²) in [5, 5.41) is 14.8. The van der Waals surface area contributed by atoms with Gasteiger partial charge in [-0.15, -0.1) is 5.10 Å². The second-order valence-electron chi connectivity index (χ2n) is 6.76.